The molecule has 0 saturated carbocycles. The van der Waals surface area contributed by atoms with Gasteiger partial charge in [-0.05, 0) is 37.3 Å². The first-order valence-corrected chi connectivity index (χ1v) is 8.35. The minimum absolute atomic E-state index is 0.132. The molecule has 0 bridgehead atoms. The third-order valence-corrected chi connectivity index (χ3v) is 4.46. The molecule has 0 spiro atoms. The van der Waals surface area contributed by atoms with Crippen molar-refractivity contribution in [3.05, 3.63) is 63.2 Å². The van der Waals surface area contributed by atoms with E-state index in [0.717, 1.165) is 17.2 Å². The lowest BCUT2D eigenvalue weighted by Gasteiger charge is -2.09. The smallest absolute Gasteiger partial charge is 0.270 e. The van der Waals surface area contributed by atoms with Crippen molar-refractivity contribution in [2.45, 2.75) is 17.1 Å². The van der Waals surface area contributed by atoms with Crippen LogP contribution in [0.2, 0.25) is 5.02 Å². The molecule has 130 valence electrons. The molecule has 25 heavy (non-hydrogen) atoms. The number of non-ortho nitro benzene ring substituents is 1. The van der Waals surface area contributed by atoms with E-state index in [1.54, 1.807) is 31.2 Å². The first-order valence-electron chi connectivity index (χ1n) is 7.09. The number of rotatable bonds is 6. The molecule has 0 saturated heterocycles. The second-order valence-electron chi connectivity index (χ2n) is 4.95. The summed E-state index contributed by atoms with van der Waals surface area (Å²) in [5, 5.41) is 24.3. The van der Waals surface area contributed by atoms with Gasteiger partial charge in [0.25, 0.3) is 11.6 Å². The molecule has 0 radical (unpaired) electrons. The van der Waals surface area contributed by atoms with E-state index in [9.17, 15) is 20.0 Å². The maximum atomic E-state index is 12.0. The Morgan fingerprint density at radius 3 is 2.68 bits per heavy atom. The van der Waals surface area contributed by atoms with Gasteiger partial charge in [-0.25, -0.2) is 5.43 Å². The number of hydrogen-bond donors (Lipinski definition) is 2. The molecular formula is C16H14ClN3O4S. The number of phenols is 1. The van der Waals surface area contributed by atoms with Crippen molar-refractivity contribution in [1.29, 1.82) is 0 Å². The summed E-state index contributed by atoms with van der Waals surface area (Å²) in [7, 11) is 0. The van der Waals surface area contributed by atoms with Crippen LogP contribution in [-0.4, -0.2) is 27.4 Å². The molecule has 0 aliphatic heterocycles. The zero-order valence-electron chi connectivity index (χ0n) is 13.0. The Balaban J connectivity index is 1.96. The Morgan fingerprint density at radius 1 is 1.36 bits per heavy atom. The van der Waals surface area contributed by atoms with Gasteiger partial charge >= 0.3 is 0 Å². The number of nitro groups is 1. The summed E-state index contributed by atoms with van der Waals surface area (Å²) in [6.07, 6.45) is 1.15. The summed E-state index contributed by atoms with van der Waals surface area (Å²) in [6.45, 7) is 1.72. The molecule has 1 atom stereocenters. The molecule has 9 heteroatoms. The van der Waals surface area contributed by atoms with Crippen LogP contribution < -0.4 is 5.43 Å². The van der Waals surface area contributed by atoms with Crippen LogP contribution in [0.1, 0.15) is 12.5 Å². The van der Waals surface area contributed by atoms with Crippen LogP contribution in [0.25, 0.3) is 0 Å². The van der Waals surface area contributed by atoms with Gasteiger partial charge in [0, 0.05) is 27.6 Å². The minimum Gasteiger partial charge on any atom is -0.507 e. The zero-order chi connectivity index (χ0) is 18.4. The number of hydrogen-bond acceptors (Lipinski definition) is 6. The number of nitro benzene ring substituents is 1. The zero-order valence-corrected chi connectivity index (χ0v) is 14.6. The summed E-state index contributed by atoms with van der Waals surface area (Å²) in [5.74, 6) is -0.520. The molecule has 0 fully saturated rings. The Morgan fingerprint density at radius 2 is 2.04 bits per heavy atom. The fourth-order valence-electron chi connectivity index (χ4n) is 1.79. The lowest BCUT2D eigenvalue weighted by atomic mass is 10.2. The molecule has 0 aliphatic rings. The number of nitrogens with zero attached hydrogens (tertiary/aromatic N) is 2. The average Bonchev–Trinajstić information content (AvgIpc) is 2.58. The second-order valence-corrected chi connectivity index (χ2v) is 6.80. The van der Waals surface area contributed by atoms with Crippen molar-refractivity contribution >= 4 is 41.2 Å². The van der Waals surface area contributed by atoms with Crippen LogP contribution in [0.5, 0.6) is 5.75 Å². The quantitative estimate of drug-likeness (QED) is 0.345. The van der Waals surface area contributed by atoms with E-state index < -0.39 is 10.2 Å². The number of halogens is 1. The number of aromatic hydroxyl groups is 1. The normalized spacial score (nSPS) is 12.1. The number of benzene rings is 2. The van der Waals surface area contributed by atoms with E-state index in [4.69, 9.17) is 11.6 Å². The minimum atomic E-state index is -0.583. The van der Waals surface area contributed by atoms with E-state index in [-0.39, 0.29) is 22.9 Å². The molecule has 1 amide bonds. The van der Waals surface area contributed by atoms with Gasteiger partial charge in [-0.15, -0.1) is 11.8 Å². The van der Waals surface area contributed by atoms with Crippen molar-refractivity contribution < 1.29 is 14.8 Å². The Bertz CT molecular complexity index is 812. The SMILES string of the molecule is CC(Sc1ccc(Cl)cc1)C(=O)NN=Cc1cc([N+](=O)[O-])ccc1O. The molecule has 2 aromatic rings. The van der Waals surface area contributed by atoms with Crippen LogP contribution >= 0.6 is 23.4 Å². The van der Waals surface area contributed by atoms with E-state index in [1.165, 1.54) is 23.9 Å². The third-order valence-electron chi connectivity index (χ3n) is 3.10. The van der Waals surface area contributed by atoms with Crippen molar-refractivity contribution in [3.8, 4) is 5.75 Å². The molecular weight excluding hydrogens is 366 g/mol. The largest absolute Gasteiger partial charge is 0.507 e. The monoisotopic (exact) mass is 379 g/mol. The Labute approximate surface area is 152 Å². The number of phenolic OH excluding ortho intramolecular Hbond substituents is 1. The van der Waals surface area contributed by atoms with Gasteiger partial charge in [0.1, 0.15) is 5.75 Å². The summed E-state index contributed by atoms with van der Waals surface area (Å²) in [6, 6.07) is 10.6. The van der Waals surface area contributed by atoms with Gasteiger partial charge in [-0.2, -0.15) is 5.10 Å². The maximum absolute atomic E-state index is 12.0. The molecule has 0 aromatic heterocycles. The van der Waals surface area contributed by atoms with Gasteiger partial charge in [0.05, 0.1) is 16.4 Å². The van der Waals surface area contributed by atoms with E-state index in [1.807, 2.05) is 0 Å². The fraction of sp³-hybridized carbons (Fsp3) is 0.125. The highest BCUT2D eigenvalue weighted by atomic mass is 35.5. The van der Waals surface area contributed by atoms with Crippen molar-refractivity contribution in [2.24, 2.45) is 5.10 Å². The predicted octanol–water partition coefficient (Wildman–Crippen LogP) is 3.58. The lowest BCUT2D eigenvalue weighted by Crippen LogP contribution is -2.26. The molecule has 2 N–H and O–H groups in total. The second kappa shape index (κ2) is 8.50. The highest BCUT2D eigenvalue weighted by Crippen LogP contribution is 2.25. The van der Waals surface area contributed by atoms with Gasteiger partial charge in [0.15, 0.2) is 0 Å². The molecule has 0 heterocycles. The van der Waals surface area contributed by atoms with Crippen molar-refractivity contribution in [3.63, 3.8) is 0 Å². The van der Waals surface area contributed by atoms with Crippen molar-refractivity contribution in [1.82, 2.24) is 5.43 Å². The number of carbonyl (C=O) groups excluding carboxylic acids is 1. The van der Waals surface area contributed by atoms with Crippen molar-refractivity contribution in [2.75, 3.05) is 0 Å². The Kier molecular flexibility index (Phi) is 6.37. The standard InChI is InChI=1S/C16H14ClN3O4S/c1-10(25-14-5-2-12(17)3-6-14)16(22)19-18-9-11-8-13(20(23)24)4-7-15(11)21/h2-10,21H,1H3,(H,19,22). The maximum Gasteiger partial charge on any atom is 0.270 e. The van der Waals surface area contributed by atoms with E-state index >= 15 is 0 Å². The first kappa shape index (κ1) is 18.8. The lowest BCUT2D eigenvalue weighted by molar-refractivity contribution is -0.384. The van der Waals surface area contributed by atoms with Crippen LogP contribution in [0.4, 0.5) is 5.69 Å². The summed E-state index contributed by atoms with van der Waals surface area (Å²) in [4.78, 5) is 23.0. The van der Waals surface area contributed by atoms with Gasteiger partial charge < -0.3 is 5.11 Å². The van der Waals surface area contributed by atoms with E-state index in [0.29, 0.717) is 5.02 Å². The van der Waals surface area contributed by atoms with Gasteiger partial charge in [-0.1, -0.05) is 11.6 Å². The fourth-order valence-corrected chi connectivity index (χ4v) is 2.77. The highest BCUT2D eigenvalue weighted by molar-refractivity contribution is 8.00. The topological polar surface area (TPSA) is 105 Å². The van der Waals surface area contributed by atoms with Gasteiger partial charge in [-0.3, -0.25) is 14.9 Å². The van der Waals surface area contributed by atoms with Gasteiger partial charge in [0.2, 0.25) is 0 Å². The number of hydrazone groups is 1. The summed E-state index contributed by atoms with van der Waals surface area (Å²) >= 11 is 7.14. The number of nitrogens with one attached hydrogen (secondary N) is 1. The third kappa shape index (κ3) is 5.47. The number of carbonyl (C=O) groups is 1. The highest BCUT2D eigenvalue weighted by Gasteiger charge is 2.14. The van der Waals surface area contributed by atoms with Crippen LogP contribution in [-0.2, 0) is 4.79 Å². The average molecular weight is 380 g/mol. The Hall–Kier alpha value is -2.58. The molecule has 7 nitrogen and oxygen atoms in total. The molecule has 1 unspecified atom stereocenters. The summed E-state index contributed by atoms with van der Waals surface area (Å²) < 4.78 is 0. The van der Waals surface area contributed by atoms with Crippen LogP contribution in [0, 0.1) is 10.1 Å². The summed E-state index contributed by atoms with van der Waals surface area (Å²) in [5.41, 5.74) is 2.29. The number of thioether (sulfide) groups is 1. The molecule has 2 aromatic carbocycles. The van der Waals surface area contributed by atoms with E-state index in [2.05, 4.69) is 10.5 Å². The number of amides is 1. The van der Waals surface area contributed by atoms with Crippen LogP contribution in [0.15, 0.2) is 52.5 Å². The molecule has 2 rings (SSSR count). The molecule has 0 aliphatic carbocycles. The van der Waals surface area contributed by atoms with Crippen LogP contribution in [0.3, 0.4) is 0 Å². The predicted molar refractivity (Wildman–Crippen MR) is 97.3 cm³/mol. The first-order chi connectivity index (χ1) is 11.9.